The van der Waals surface area contributed by atoms with Crippen LogP contribution in [0.4, 0.5) is 0 Å². The molecule has 0 aliphatic heterocycles. The monoisotopic (exact) mass is 356 g/mol. The van der Waals surface area contributed by atoms with Crippen molar-refractivity contribution in [2.24, 2.45) is 5.92 Å². The molecule has 5 nitrogen and oxygen atoms in total. The van der Waals surface area contributed by atoms with Gasteiger partial charge in [0.2, 0.25) is 0 Å². The first-order chi connectivity index (χ1) is 11.9. The molecular formula is C20H36O5. The summed E-state index contributed by atoms with van der Waals surface area (Å²) in [6.07, 6.45) is 8.95. The quantitative estimate of drug-likeness (QED) is 0.299. The molecule has 2 N–H and O–H groups in total. The average Bonchev–Trinajstić information content (AvgIpc) is 2.54. The SMILES string of the molecule is CCCCCCCC(=O)CC(=O)C(C(=O)O)C(O)CCCCCCC. The lowest BCUT2D eigenvalue weighted by Crippen LogP contribution is -2.36. The first-order valence-electron chi connectivity index (χ1n) is 9.89. The molecule has 0 aliphatic carbocycles. The number of Topliss-reactive ketones (excluding diaryl/α,β-unsaturated/α-hetero) is 2. The van der Waals surface area contributed by atoms with Gasteiger partial charge in [0.15, 0.2) is 5.78 Å². The largest absolute Gasteiger partial charge is 0.481 e. The number of hydrogen-bond acceptors (Lipinski definition) is 4. The maximum absolute atomic E-state index is 12.1. The van der Waals surface area contributed by atoms with E-state index in [-0.39, 0.29) is 18.6 Å². The fourth-order valence-electron chi connectivity index (χ4n) is 2.96. The molecule has 0 heterocycles. The number of hydrogen-bond donors (Lipinski definition) is 2. The van der Waals surface area contributed by atoms with Crippen LogP contribution in [0, 0.1) is 5.92 Å². The number of carbonyl (C=O) groups excluding carboxylic acids is 2. The Morgan fingerprint density at radius 2 is 1.32 bits per heavy atom. The number of aliphatic hydroxyl groups excluding tert-OH is 1. The van der Waals surface area contributed by atoms with E-state index in [1.807, 2.05) is 0 Å². The molecule has 146 valence electrons. The Kier molecular flexibility index (Phi) is 14.3. The van der Waals surface area contributed by atoms with E-state index in [9.17, 15) is 24.6 Å². The van der Waals surface area contributed by atoms with E-state index < -0.39 is 23.8 Å². The minimum atomic E-state index is -1.48. The number of carboxylic acids is 1. The van der Waals surface area contributed by atoms with E-state index in [0.29, 0.717) is 12.8 Å². The second-order valence-electron chi connectivity index (χ2n) is 6.93. The smallest absolute Gasteiger partial charge is 0.316 e. The molecule has 2 atom stereocenters. The van der Waals surface area contributed by atoms with Crippen molar-refractivity contribution in [3.05, 3.63) is 0 Å². The van der Waals surface area contributed by atoms with Crippen molar-refractivity contribution in [1.29, 1.82) is 0 Å². The molecule has 0 rings (SSSR count). The van der Waals surface area contributed by atoms with Gasteiger partial charge in [0.25, 0.3) is 0 Å². The van der Waals surface area contributed by atoms with Crippen molar-refractivity contribution < 1.29 is 24.6 Å². The van der Waals surface area contributed by atoms with Crippen LogP contribution < -0.4 is 0 Å². The molecule has 0 aromatic heterocycles. The minimum Gasteiger partial charge on any atom is -0.481 e. The summed E-state index contributed by atoms with van der Waals surface area (Å²) in [7, 11) is 0. The number of rotatable bonds is 17. The first-order valence-corrected chi connectivity index (χ1v) is 9.89. The fourth-order valence-corrected chi connectivity index (χ4v) is 2.96. The normalized spacial score (nSPS) is 13.4. The van der Waals surface area contributed by atoms with E-state index in [0.717, 1.165) is 57.8 Å². The molecule has 0 spiro atoms. The van der Waals surface area contributed by atoms with Crippen molar-refractivity contribution in [3.63, 3.8) is 0 Å². The van der Waals surface area contributed by atoms with Gasteiger partial charge < -0.3 is 10.2 Å². The summed E-state index contributed by atoms with van der Waals surface area (Å²) in [4.78, 5) is 35.4. The van der Waals surface area contributed by atoms with Gasteiger partial charge in [0, 0.05) is 6.42 Å². The predicted octanol–water partition coefficient (Wildman–Crippen LogP) is 4.30. The maximum Gasteiger partial charge on any atom is 0.316 e. The predicted molar refractivity (Wildman–Crippen MR) is 98.5 cm³/mol. The fraction of sp³-hybridized carbons (Fsp3) is 0.850. The number of carboxylic acid groups (broad SMARTS) is 1. The Bertz CT molecular complexity index is 392. The highest BCUT2D eigenvalue weighted by atomic mass is 16.4. The van der Waals surface area contributed by atoms with Gasteiger partial charge in [-0.2, -0.15) is 0 Å². The maximum atomic E-state index is 12.1. The molecule has 2 unspecified atom stereocenters. The highest BCUT2D eigenvalue weighted by Gasteiger charge is 2.33. The third-order valence-corrected chi connectivity index (χ3v) is 4.53. The van der Waals surface area contributed by atoms with Gasteiger partial charge in [-0.15, -0.1) is 0 Å². The summed E-state index contributed by atoms with van der Waals surface area (Å²) in [6.45, 7) is 4.22. The molecule has 5 heteroatoms. The van der Waals surface area contributed by atoms with Gasteiger partial charge in [-0.25, -0.2) is 0 Å². The molecule has 0 bridgehead atoms. The Morgan fingerprint density at radius 3 is 1.84 bits per heavy atom. The molecule has 0 aromatic rings. The van der Waals surface area contributed by atoms with Gasteiger partial charge in [0.05, 0.1) is 12.5 Å². The summed E-state index contributed by atoms with van der Waals surface area (Å²) in [5, 5.41) is 19.3. The van der Waals surface area contributed by atoms with Gasteiger partial charge in [0.1, 0.15) is 11.7 Å². The topological polar surface area (TPSA) is 91.7 Å². The Balaban J connectivity index is 4.25. The number of unbranched alkanes of at least 4 members (excludes halogenated alkanes) is 8. The summed E-state index contributed by atoms with van der Waals surface area (Å²) in [6, 6.07) is 0. The number of carbonyl (C=O) groups is 3. The summed E-state index contributed by atoms with van der Waals surface area (Å²) in [5.74, 6) is -3.69. The minimum absolute atomic E-state index is 0.220. The summed E-state index contributed by atoms with van der Waals surface area (Å²) >= 11 is 0. The van der Waals surface area contributed by atoms with Crippen LogP contribution in [0.1, 0.15) is 97.3 Å². The molecule has 0 saturated heterocycles. The Labute approximate surface area is 152 Å². The van der Waals surface area contributed by atoms with Crippen LogP contribution in [0.2, 0.25) is 0 Å². The van der Waals surface area contributed by atoms with Crippen molar-refractivity contribution in [1.82, 2.24) is 0 Å². The highest BCUT2D eigenvalue weighted by Crippen LogP contribution is 2.17. The average molecular weight is 357 g/mol. The molecule has 0 amide bonds. The van der Waals surface area contributed by atoms with Crippen LogP contribution in [0.25, 0.3) is 0 Å². The van der Waals surface area contributed by atoms with Gasteiger partial charge in [-0.3, -0.25) is 14.4 Å². The highest BCUT2D eigenvalue weighted by molar-refractivity contribution is 6.07. The van der Waals surface area contributed by atoms with Gasteiger partial charge in [-0.05, 0) is 12.8 Å². The summed E-state index contributed by atoms with van der Waals surface area (Å²) < 4.78 is 0. The zero-order chi connectivity index (χ0) is 19.1. The Hall–Kier alpha value is -1.23. The van der Waals surface area contributed by atoms with E-state index in [1.165, 1.54) is 0 Å². The standard InChI is InChI=1S/C20H36O5/c1-3-5-7-9-11-13-16(21)15-18(23)19(20(24)25)17(22)14-12-10-8-6-4-2/h17,19,22H,3-15H2,1-2H3,(H,24,25). The van der Waals surface area contributed by atoms with Crippen LogP contribution >= 0.6 is 0 Å². The van der Waals surface area contributed by atoms with Gasteiger partial charge >= 0.3 is 5.97 Å². The van der Waals surface area contributed by atoms with Gasteiger partial charge in [-0.1, -0.05) is 71.6 Å². The van der Waals surface area contributed by atoms with E-state index in [2.05, 4.69) is 13.8 Å². The molecular weight excluding hydrogens is 320 g/mol. The molecule has 0 aliphatic rings. The van der Waals surface area contributed by atoms with Crippen LogP contribution in [0.15, 0.2) is 0 Å². The number of ketones is 2. The lowest BCUT2D eigenvalue weighted by molar-refractivity contribution is -0.151. The van der Waals surface area contributed by atoms with Crippen molar-refractivity contribution in [2.75, 3.05) is 0 Å². The zero-order valence-electron chi connectivity index (χ0n) is 16.0. The van der Waals surface area contributed by atoms with E-state index in [4.69, 9.17) is 0 Å². The molecule has 0 saturated carbocycles. The lowest BCUT2D eigenvalue weighted by Gasteiger charge is -2.17. The van der Waals surface area contributed by atoms with Crippen LogP contribution in [0.5, 0.6) is 0 Å². The van der Waals surface area contributed by atoms with Crippen molar-refractivity contribution >= 4 is 17.5 Å². The molecule has 25 heavy (non-hydrogen) atoms. The second-order valence-corrected chi connectivity index (χ2v) is 6.93. The summed E-state index contributed by atoms with van der Waals surface area (Å²) in [5.41, 5.74) is 0. The van der Waals surface area contributed by atoms with Crippen LogP contribution in [0.3, 0.4) is 0 Å². The number of aliphatic hydroxyl groups is 1. The lowest BCUT2D eigenvalue weighted by atomic mass is 9.90. The first kappa shape index (κ1) is 23.8. The third-order valence-electron chi connectivity index (χ3n) is 4.53. The van der Waals surface area contributed by atoms with E-state index >= 15 is 0 Å². The molecule has 0 radical (unpaired) electrons. The molecule has 0 aromatic carbocycles. The second kappa shape index (κ2) is 15.1. The molecule has 0 fully saturated rings. The number of aliphatic carboxylic acids is 1. The zero-order valence-corrected chi connectivity index (χ0v) is 16.0. The van der Waals surface area contributed by atoms with Crippen molar-refractivity contribution in [2.45, 2.75) is 103 Å². The Morgan fingerprint density at radius 1 is 0.800 bits per heavy atom. The third kappa shape index (κ3) is 11.9. The van der Waals surface area contributed by atoms with Crippen LogP contribution in [-0.4, -0.2) is 33.9 Å². The van der Waals surface area contributed by atoms with Crippen LogP contribution in [-0.2, 0) is 14.4 Å². The van der Waals surface area contributed by atoms with E-state index in [1.54, 1.807) is 0 Å². The van der Waals surface area contributed by atoms with Crippen molar-refractivity contribution in [3.8, 4) is 0 Å².